The fourth-order valence-electron chi connectivity index (χ4n) is 1.74. The van der Waals surface area contributed by atoms with Gasteiger partial charge < -0.3 is 4.74 Å². The number of nitrogens with zero attached hydrogens (tertiary/aromatic N) is 1. The summed E-state index contributed by atoms with van der Waals surface area (Å²) in [5.74, 6) is 0.533. The van der Waals surface area contributed by atoms with Crippen LogP contribution in [0, 0.1) is 15.5 Å². The lowest BCUT2D eigenvalue weighted by Crippen LogP contribution is -2.20. The number of halogens is 1. The monoisotopic (exact) mass is 329 g/mol. The number of methoxy groups -OCH3 is 1. The molecule has 1 unspecified atom stereocenters. The number of ether oxygens (including phenoxy) is 1. The van der Waals surface area contributed by atoms with Crippen molar-refractivity contribution in [3.05, 3.63) is 33.9 Å². The zero-order chi connectivity index (χ0) is 14.6. The molecule has 0 aliphatic carbocycles. The van der Waals surface area contributed by atoms with Crippen LogP contribution in [-0.2, 0) is 6.42 Å². The molecule has 0 N–H and O–H groups in total. The SMILES string of the molecule is COc1cc(CCC(Br)C(C)(C)C)cc([N+](=O)[O-])c1. The zero-order valence-electron chi connectivity index (χ0n) is 11.8. The normalized spacial score (nSPS) is 13.1. The summed E-state index contributed by atoms with van der Waals surface area (Å²) >= 11 is 3.67. The summed E-state index contributed by atoms with van der Waals surface area (Å²) in [6.07, 6.45) is 1.71. The van der Waals surface area contributed by atoms with Gasteiger partial charge >= 0.3 is 0 Å². The molecule has 0 amide bonds. The van der Waals surface area contributed by atoms with Gasteiger partial charge in [-0.3, -0.25) is 10.1 Å². The molecule has 0 aliphatic rings. The van der Waals surface area contributed by atoms with Crippen LogP contribution in [0.4, 0.5) is 5.69 Å². The molecule has 19 heavy (non-hydrogen) atoms. The predicted molar refractivity (Wildman–Crippen MR) is 80.1 cm³/mol. The quantitative estimate of drug-likeness (QED) is 0.458. The average Bonchev–Trinajstić information content (AvgIpc) is 2.34. The summed E-state index contributed by atoms with van der Waals surface area (Å²) in [5, 5.41) is 10.9. The molecule has 1 atom stereocenters. The van der Waals surface area contributed by atoms with Crippen LogP contribution in [0.5, 0.6) is 5.75 Å². The Morgan fingerprint density at radius 2 is 2.00 bits per heavy atom. The number of aryl methyl sites for hydroxylation is 1. The highest BCUT2D eigenvalue weighted by Gasteiger charge is 2.21. The number of hydrogen-bond acceptors (Lipinski definition) is 3. The second-order valence-corrected chi connectivity index (χ2v) is 6.77. The summed E-state index contributed by atoms with van der Waals surface area (Å²) in [4.78, 5) is 10.8. The van der Waals surface area contributed by atoms with Crippen LogP contribution < -0.4 is 4.74 Å². The molecular formula is C14H20BrNO3. The average molecular weight is 330 g/mol. The molecule has 0 aromatic heterocycles. The summed E-state index contributed by atoms with van der Waals surface area (Å²) in [7, 11) is 1.52. The maximum absolute atomic E-state index is 10.9. The van der Waals surface area contributed by atoms with E-state index in [1.807, 2.05) is 6.07 Å². The van der Waals surface area contributed by atoms with Crippen LogP contribution in [0.1, 0.15) is 32.8 Å². The first-order chi connectivity index (χ1) is 8.74. The van der Waals surface area contributed by atoms with Gasteiger partial charge in [0.1, 0.15) is 5.75 Å². The molecule has 0 bridgehead atoms. The van der Waals surface area contributed by atoms with E-state index in [4.69, 9.17) is 4.74 Å². The van der Waals surface area contributed by atoms with Gasteiger partial charge in [0.25, 0.3) is 5.69 Å². The molecule has 0 aliphatic heterocycles. The molecular weight excluding hydrogens is 310 g/mol. The number of alkyl halides is 1. The Morgan fingerprint density at radius 3 is 2.47 bits per heavy atom. The van der Waals surface area contributed by atoms with Gasteiger partial charge in [0, 0.05) is 10.9 Å². The third-order valence-corrected chi connectivity index (χ3v) is 4.86. The van der Waals surface area contributed by atoms with Crippen molar-refractivity contribution < 1.29 is 9.66 Å². The Bertz CT molecular complexity index is 454. The summed E-state index contributed by atoms with van der Waals surface area (Å²) in [6.45, 7) is 6.50. The minimum atomic E-state index is -0.388. The number of nitro benzene ring substituents is 1. The fourth-order valence-corrected chi connectivity index (χ4v) is 1.97. The van der Waals surface area contributed by atoms with Crippen molar-refractivity contribution in [3.63, 3.8) is 0 Å². The van der Waals surface area contributed by atoms with Gasteiger partial charge in [-0.15, -0.1) is 0 Å². The highest BCUT2D eigenvalue weighted by atomic mass is 79.9. The Balaban J connectivity index is 2.83. The van der Waals surface area contributed by atoms with E-state index in [1.165, 1.54) is 13.2 Å². The minimum Gasteiger partial charge on any atom is -0.496 e. The molecule has 0 saturated carbocycles. The van der Waals surface area contributed by atoms with Crippen LogP contribution >= 0.6 is 15.9 Å². The van der Waals surface area contributed by atoms with Crippen molar-refractivity contribution in [2.45, 2.75) is 38.4 Å². The van der Waals surface area contributed by atoms with Crippen LogP contribution in [0.15, 0.2) is 18.2 Å². The highest BCUT2D eigenvalue weighted by molar-refractivity contribution is 9.09. The first kappa shape index (κ1) is 16.0. The first-order valence-corrected chi connectivity index (χ1v) is 7.12. The summed E-state index contributed by atoms with van der Waals surface area (Å²) in [6, 6.07) is 4.92. The van der Waals surface area contributed by atoms with E-state index in [0.717, 1.165) is 18.4 Å². The molecule has 1 aromatic carbocycles. The van der Waals surface area contributed by atoms with Gasteiger partial charge in [0.15, 0.2) is 0 Å². The molecule has 0 heterocycles. The maximum Gasteiger partial charge on any atom is 0.273 e. The van der Waals surface area contributed by atoms with E-state index in [-0.39, 0.29) is 16.0 Å². The maximum atomic E-state index is 10.9. The molecule has 0 saturated heterocycles. The first-order valence-electron chi connectivity index (χ1n) is 6.20. The van der Waals surface area contributed by atoms with Gasteiger partial charge in [-0.25, -0.2) is 0 Å². The van der Waals surface area contributed by atoms with Crippen molar-refractivity contribution in [3.8, 4) is 5.75 Å². The van der Waals surface area contributed by atoms with Crippen molar-refractivity contribution in [2.75, 3.05) is 7.11 Å². The molecule has 106 valence electrons. The largest absolute Gasteiger partial charge is 0.496 e. The molecule has 1 aromatic rings. The van der Waals surface area contributed by atoms with Gasteiger partial charge in [-0.2, -0.15) is 0 Å². The third-order valence-electron chi connectivity index (χ3n) is 3.02. The number of rotatable bonds is 5. The predicted octanol–water partition coefficient (Wildman–Crippen LogP) is 4.35. The van der Waals surface area contributed by atoms with Crippen LogP contribution in [0.25, 0.3) is 0 Å². The van der Waals surface area contributed by atoms with Crippen molar-refractivity contribution in [1.82, 2.24) is 0 Å². The number of non-ortho nitro benzene ring substituents is 1. The van der Waals surface area contributed by atoms with Gasteiger partial charge in [0.2, 0.25) is 0 Å². The fraction of sp³-hybridized carbons (Fsp3) is 0.571. The van der Waals surface area contributed by atoms with Crippen LogP contribution in [0.3, 0.4) is 0 Å². The topological polar surface area (TPSA) is 52.4 Å². The van der Waals surface area contributed by atoms with Gasteiger partial charge in [-0.05, 0) is 29.9 Å². The second-order valence-electron chi connectivity index (χ2n) is 5.67. The summed E-state index contributed by atoms with van der Waals surface area (Å²) < 4.78 is 5.10. The Kier molecular flexibility index (Phi) is 5.35. The Labute approximate surface area is 122 Å². The standard InChI is InChI=1S/C14H20BrNO3/c1-14(2,3)13(15)6-5-10-7-11(16(17)18)9-12(8-10)19-4/h7-9,13H,5-6H2,1-4H3. The van der Waals surface area contributed by atoms with Gasteiger partial charge in [-0.1, -0.05) is 36.7 Å². The third kappa shape index (κ3) is 4.82. The molecule has 1 rings (SSSR count). The Morgan fingerprint density at radius 1 is 1.37 bits per heavy atom. The number of hydrogen-bond donors (Lipinski definition) is 0. The molecule has 0 radical (unpaired) electrons. The molecule has 4 nitrogen and oxygen atoms in total. The molecule has 5 heteroatoms. The van der Waals surface area contributed by atoms with Crippen LogP contribution in [0.2, 0.25) is 0 Å². The lowest BCUT2D eigenvalue weighted by molar-refractivity contribution is -0.385. The second kappa shape index (κ2) is 6.37. The van der Waals surface area contributed by atoms with Crippen molar-refractivity contribution in [2.24, 2.45) is 5.41 Å². The molecule has 0 fully saturated rings. The molecule has 0 spiro atoms. The van der Waals surface area contributed by atoms with E-state index in [0.29, 0.717) is 10.6 Å². The van der Waals surface area contributed by atoms with E-state index in [9.17, 15) is 10.1 Å². The van der Waals surface area contributed by atoms with Crippen molar-refractivity contribution in [1.29, 1.82) is 0 Å². The zero-order valence-corrected chi connectivity index (χ0v) is 13.4. The van der Waals surface area contributed by atoms with E-state index >= 15 is 0 Å². The minimum absolute atomic E-state index is 0.0798. The smallest absolute Gasteiger partial charge is 0.273 e. The van der Waals surface area contributed by atoms with E-state index < -0.39 is 0 Å². The van der Waals surface area contributed by atoms with E-state index in [2.05, 4.69) is 36.7 Å². The Hall–Kier alpha value is -1.10. The lowest BCUT2D eigenvalue weighted by Gasteiger charge is -2.25. The summed E-state index contributed by atoms with van der Waals surface area (Å²) in [5.41, 5.74) is 1.18. The van der Waals surface area contributed by atoms with Crippen LogP contribution in [-0.4, -0.2) is 16.9 Å². The van der Waals surface area contributed by atoms with E-state index in [1.54, 1.807) is 6.07 Å². The van der Waals surface area contributed by atoms with Crippen molar-refractivity contribution >= 4 is 21.6 Å². The lowest BCUT2D eigenvalue weighted by atomic mass is 9.88. The highest BCUT2D eigenvalue weighted by Crippen LogP contribution is 2.31. The van der Waals surface area contributed by atoms with Gasteiger partial charge in [0.05, 0.1) is 18.1 Å². The number of nitro groups is 1. The number of benzene rings is 1.